The van der Waals surface area contributed by atoms with Crippen LogP contribution in [0.3, 0.4) is 0 Å². The standard InChI is InChI=1S/C9H19N3O2/c10-9(13)14-6-5-11-7-8-3-1-2-4-12-8/h8,11-12H,1-7H2,(H2,10,13). The number of ether oxygens (including phenoxy) is 1. The van der Waals surface area contributed by atoms with Crippen molar-refractivity contribution in [2.24, 2.45) is 5.73 Å². The molecule has 1 rings (SSSR count). The van der Waals surface area contributed by atoms with E-state index in [1.54, 1.807) is 0 Å². The molecule has 14 heavy (non-hydrogen) atoms. The van der Waals surface area contributed by atoms with Gasteiger partial charge in [0.1, 0.15) is 6.61 Å². The van der Waals surface area contributed by atoms with Crippen LogP contribution in [0.15, 0.2) is 0 Å². The summed E-state index contributed by atoms with van der Waals surface area (Å²) in [5.74, 6) is 0. The molecule has 5 nitrogen and oxygen atoms in total. The van der Waals surface area contributed by atoms with E-state index in [-0.39, 0.29) is 0 Å². The molecule has 4 N–H and O–H groups in total. The first-order valence-corrected chi connectivity index (χ1v) is 5.15. The van der Waals surface area contributed by atoms with Crippen LogP contribution >= 0.6 is 0 Å². The van der Waals surface area contributed by atoms with Crippen LogP contribution in [-0.2, 0) is 4.74 Å². The second kappa shape index (κ2) is 6.62. The van der Waals surface area contributed by atoms with E-state index in [4.69, 9.17) is 5.73 Å². The second-order valence-electron chi connectivity index (χ2n) is 3.52. The number of piperidine rings is 1. The van der Waals surface area contributed by atoms with Gasteiger partial charge in [-0.3, -0.25) is 0 Å². The van der Waals surface area contributed by atoms with Crippen molar-refractivity contribution in [3.8, 4) is 0 Å². The Morgan fingerprint density at radius 2 is 2.43 bits per heavy atom. The quantitative estimate of drug-likeness (QED) is 0.539. The predicted molar refractivity (Wildman–Crippen MR) is 54.0 cm³/mol. The van der Waals surface area contributed by atoms with Crippen LogP contribution in [0.4, 0.5) is 4.79 Å². The highest BCUT2D eigenvalue weighted by Crippen LogP contribution is 2.05. The van der Waals surface area contributed by atoms with Gasteiger partial charge in [0, 0.05) is 19.1 Å². The van der Waals surface area contributed by atoms with Crippen LogP contribution in [0.1, 0.15) is 19.3 Å². The first kappa shape index (κ1) is 11.3. The minimum absolute atomic E-state index is 0.349. The van der Waals surface area contributed by atoms with E-state index in [2.05, 4.69) is 15.4 Å². The van der Waals surface area contributed by atoms with Gasteiger partial charge >= 0.3 is 6.09 Å². The highest BCUT2D eigenvalue weighted by atomic mass is 16.5. The minimum atomic E-state index is -0.706. The van der Waals surface area contributed by atoms with E-state index in [0.29, 0.717) is 19.2 Å². The van der Waals surface area contributed by atoms with Crippen molar-refractivity contribution in [2.45, 2.75) is 25.3 Å². The number of amides is 1. The van der Waals surface area contributed by atoms with Crippen molar-refractivity contribution in [3.05, 3.63) is 0 Å². The molecule has 1 fully saturated rings. The fourth-order valence-corrected chi connectivity index (χ4v) is 1.60. The summed E-state index contributed by atoms with van der Waals surface area (Å²) in [7, 11) is 0. The lowest BCUT2D eigenvalue weighted by Gasteiger charge is -2.23. The highest BCUT2D eigenvalue weighted by molar-refractivity contribution is 5.64. The molecule has 1 unspecified atom stereocenters. The summed E-state index contributed by atoms with van der Waals surface area (Å²) in [5, 5.41) is 6.64. The number of nitrogens with two attached hydrogens (primary N) is 1. The van der Waals surface area contributed by atoms with Crippen LogP contribution in [0, 0.1) is 0 Å². The van der Waals surface area contributed by atoms with Crippen molar-refractivity contribution in [1.29, 1.82) is 0 Å². The van der Waals surface area contributed by atoms with E-state index >= 15 is 0 Å². The van der Waals surface area contributed by atoms with Crippen molar-refractivity contribution in [3.63, 3.8) is 0 Å². The summed E-state index contributed by atoms with van der Waals surface area (Å²) in [6.45, 7) is 3.06. The number of primary amides is 1. The van der Waals surface area contributed by atoms with Gasteiger partial charge in [-0.1, -0.05) is 6.42 Å². The van der Waals surface area contributed by atoms with Gasteiger partial charge < -0.3 is 21.1 Å². The molecule has 0 spiro atoms. The Labute approximate surface area is 84.4 Å². The predicted octanol–water partition coefficient (Wildman–Crippen LogP) is -0.187. The number of rotatable bonds is 5. The fraction of sp³-hybridized carbons (Fsp3) is 0.889. The molecule has 1 heterocycles. The number of nitrogens with one attached hydrogen (secondary N) is 2. The van der Waals surface area contributed by atoms with Crippen LogP contribution in [-0.4, -0.2) is 38.4 Å². The van der Waals surface area contributed by atoms with Gasteiger partial charge in [-0.25, -0.2) is 4.79 Å². The lowest BCUT2D eigenvalue weighted by atomic mass is 10.1. The van der Waals surface area contributed by atoms with Crippen LogP contribution in [0.2, 0.25) is 0 Å². The van der Waals surface area contributed by atoms with Gasteiger partial charge in [-0.05, 0) is 19.4 Å². The van der Waals surface area contributed by atoms with Gasteiger partial charge in [0.2, 0.25) is 0 Å². The first-order chi connectivity index (χ1) is 6.79. The van der Waals surface area contributed by atoms with E-state index in [1.165, 1.54) is 19.3 Å². The summed E-state index contributed by atoms with van der Waals surface area (Å²) >= 11 is 0. The van der Waals surface area contributed by atoms with Crippen molar-refractivity contribution < 1.29 is 9.53 Å². The molecule has 1 saturated heterocycles. The number of hydrogen-bond donors (Lipinski definition) is 3. The molecule has 82 valence electrons. The minimum Gasteiger partial charge on any atom is -0.448 e. The highest BCUT2D eigenvalue weighted by Gasteiger charge is 2.10. The van der Waals surface area contributed by atoms with Crippen LogP contribution < -0.4 is 16.4 Å². The zero-order chi connectivity index (χ0) is 10.2. The van der Waals surface area contributed by atoms with Crippen molar-refractivity contribution in [1.82, 2.24) is 10.6 Å². The molecule has 0 aromatic carbocycles. The monoisotopic (exact) mass is 201 g/mol. The van der Waals surface area contributed by atoms with Gasteiger partial charge in [0.15, 0.2) is 0 Å². The maximum Gasteiger partial charge on any atom is 0.404 e. The third kappa shape index (κ3) is 5.04. The Balaban J connectivity index is 1.90. The van der Waals surface area contributed by atoms with Crippen molar-refractivity contribution >= 4 is 6.09 Å². The Bertz CT molecular complexity index is 169. The van der Waals surface area contributed by atoms with Crippen LogP contribution in [0.25, 0.3) is 0 Å². The maximum absolute atomic E-state index is 10.2. The third-order valence-corrected chi connectivity index (χ3v) is 2.33. The summed E-state index contributed by atoms with van der Waals surface area (Å²) in [5.41, 5.74) is 4.82. The Morgan fingerprint density at radius 3 is 3.07 bits per heavy atom. The smallest absolute Gasteiger partial charge is 0.404 e. The second-order valence-corrected chi connectivity index (χ2v) is 3.52. The largest absolute Gasteiger partial charge is 0.448 e. The molecule has 1 amide bonds. The average Bonchev–Trinajstić information content (AvgIpc) is 2.18. The maximum atomic E-state index is 10.2. The molecule has 1 atom stereocenters. The van der Waals surface area contributed by atoms with Gasteiger partial charge in [-0.15, -0.1) is 0 Å². The molecular weight excluding hydrogens is 182 g/mol. The SMILES string of the molecule is NC(=O)OCCNCC1CCCCN1. The fourth-order valence-electron chi connectivity index (χ4n) is 1.60. The number of carbonyl (C=O) groups excluding carboxylic acids is 1. The summed E-state index contributed by atoms with van der Waals surface area (Å²) in [4.78, 5) is 10.2. The molecule has 0 aromatic heterocycles. The van der Waals surface area contributed by atoms with Gasteiger partial charge in [-0.2, -0.15) is 0 Å². The summed E-state index contributed by atoms with van der Waals surface area (Å²) in [6.07, 6.45) is 3.10. The van der Waals surface area contributed by atoms with Gasteiger partial charge in [0.05, 0.1) is 0 Å². The molecule has 1 aliphatic rings. The molecule has 1 aliphatic heterocycles. The Morgan fingerprint density at radius 1 is 1.57 bits per heavy atom. The number of hydrogen-bond acceptors (Lipinski definition) is 4. The van der Waals surface area contributed by atoms with Gasteiger partial charge in [0.25, 0.3) is 0 Å². The van der Waals surface area contributed by atoms with E-state index in [0.717, 1.165) is 13.1 Å². The molecule has 0 bridgehead atoms. The topological polar surface area (TPSA) is 76.4 Å². The molecule has 5 heteroatoms. The molecule has 0 aliphatic carbocycles. The van der Waals surface area contributed by atoms with E-state index in [9.17, 15) is 4.79 Å². The molecule has 0 saturated carbocycles. The first-order valence-electron chi connectivity index (χ1n) is 5.15. The number of carbonyl (C=O) groups is 1. The summed E-state index contributed by atoms with van der Waals surface area (Å²) in [6, 6.07) is 0.567. The van der Waals surface area contributed by atoms with E-state index in [1.807, 2.05) is 0 Å². The van der Waals surface area contributed by atoms with Crippen LogP contribution in [0.5, 0.6) is 0 Å². The molecular formula is C9H19N3O2. The molecule has 0 aromatic rings. The lowest BCUT2D eigenvalue weighted by molar-refractivity contribution is 0.157. The average molecular weight is 201 g/mol. The molecule has 0 radical (unpaired) electrons. The Kier molecular flexibility index (Phi) is 5.32. The normalized spacial score (nSPS) is 21.9. The van der Waals surface area contributed by atoms with E-state index < -0.39 is 6.09 Å². The zero-order valence-electron chi connectivity index (χ0n) is 8.42. The Hall–Kier alpha value is -0.810. The third-order valence-electron chi connectivity index (χ3n) is 2.33. The lowest BCUT2D eigenvalue weighted by Crippen LogP contribution is -2.42. The van der Waals surface area contributed by atoms with Crippen molar-refractivity contribution in [2.75, 3.05) is 26.2 Å². The summed E-state index contributed by atoms with van der Waals surface area (Å²) < 4.78 is 4.59. The zero-order valence-corrected chi connectivity index (χ0v) is 8.42.